The first kappa shape index (κ1) is 19.0. The van der Waals surface area contributed by atoms with E-state index in [1.807, 2.05) is 37.3 Å². The minimum absolute atomic E-state index is 0.0408. The lowest BCUT2D eigenvalue weighted by atomic mass is 10.1. The second-order valence-electron chi connectivity index (χ2n) is 5.12. The molecule has 24 heavy (non-hydrogen) atoms. The molecule has 126 valence electrons. The van der Waals surface area contributed by atoms with Crippen LogP contribution >= 0.6 is 0 Å². The molecule has 0 saturated carbocycles. The van der Waals surface area contributed by atoms with Gasteiger partial charge in [0, 0.05) is 25.3 Å². The van der Waals surface area contributed by atoms with Crippen LogP contribution in [0.4, 0.5) is 0 Å². The third-order valence-electron chi connectivity index (χ3n) is 3.43. The number of rotatable bonds is 9. The van der Waals surface area contributed by atoms with Crippen LogP contribution in [0.2, 0.25) is 0 Å². The number of carbonyl (C=O) groups is 1. The van der Waals surface area contributed by atoms with E-state index in [0.29, 0.717) is 13.1 Å². The van der Waals surface area contributed by atoms with Gasteiger partial charge in [-0.1, -0.05) is 24.3 Å². The summed E-state index contributed by atoms with van der Waals surface area (Å²) in [7, 11) is 1.61. The van der Waals surface area contributed by atoms with Gasteiger partial charge in [0.05, 0.1) is 7.11 Å². The maximum Gasteiger partial charge on any atom is 0.266 e. The number of methoxy groups -OCH3 is 1. The van der Waals surface area contributed by atoms with Crippen molar-refractivity contribution in [3.05, 3.63) is 66.9 Å². The van der Waals surface area contributed by atoms with E-state index in [-0.39, 0.29) is 17.5 Å². The Hall–Kier alpha value is -3.00. The monoisotopic (exact) mass is 325 g/mol. The van der Waals surface area contributed by atoms with Crippen molar-refractivity contribution >= 4 is 5.91 Å². The number of nitriles is 1. The largest absolute Gasteiger partial charge is 0.497 e. The lowest BCUT2D eigenvalue weighted by Crippen LogP contribution is -2.32. The number of amides is 1. The summed E-state index contributed by atoms with van der Waals surface area (Å²) in [5, 5.41) is 12.3. The van der Waals surface area contributed by atoms with E-state index in [9.17, 15) is 10.1 Å². The third kappa shape index (κ3) is 5.33. The molecule has 0 bridgehead atoms. The van der Waals surface area contributed by atoms with Crippen LogP contribution < -0.4 is 10.1 Å². The maximum absolute atomic E-state index is 12.4. The molecule has 1 atom stereocenters. The van der Waals surface area contributed by atoms with Crippen molar-refractivity contribution in [2.75, 3.05) is 20.2 Å². The predicted octanol–water partition coefficient (Wildman–Crippen LogP) is 2.95. The molecule has 0 aliphatic heterocycles. The van der Waals surface area contributed by atoms with Crippen molar-refractivity contribution in [3.8, 4) is 11.8 Å². The Morgan fingerprint density at radius 1 is 1.33 bits per heavy atom. The van der Waals surface area contributed by atoms with Crippen molar-refractivity contribution in [1.29, 1.82) is 5.26 Å². The van der Waals surface area contributed by atoms with Gasteiger partial charge >= 0.3 is 0 Å². The lowest BCUT2D eigenvalue weighted by molar-refractivity contribution is -0.125. The van der Waals surface area contributed by atoms with Crippen LogP contribution in [0.5, 0.6) is 5.75 Å². The number of ether oxygens (including phenoxy) is 1. The van der Waals surface area contributed by atoms with Crippen LogP contribution in [0.15, 0.2) is 61.3 Å². The normalized spacial score (nSPS) is 11.8. The Morgan fingerprint density at radius 2 is 1.92 bits per heavy atom. The summed E-state index contributed by atoms with van der Waals surface area (Å²) >= 11 is 0. The average molecular weight is 325 g/mol. The second-order valence-corrected chi connectivity index (χ2v) is 5.12. The minimum atomic E-state index is -0.355. The molecule has 5 nitrogen and oxygen atoms in total. The highest BCUT2D eigenvalue weighted by atomic mass is 16.5. The zero-order valence-electron chi connectivity index (χ0n) is 14.2. The predicted molar refractivity (Wildman–Crippen MR) is 95.2 cm³/mol. The third-order valence-corrected chi connectivity index (χ3v) is 3.43. The first-order valence-electron chi connectivity index (χ1n) is 7.58. The van der Waals surface area contributed by atoms with Gasteiger partial charge in [0.15, 0.2) is 0 Å². The van der Waals surface area contributed by atoms with Crippen LogP contribution in [0, 0.1) is 11.3 Å². The number of hydrogen-bond acceptors (Lipinski definition) is 4. The molecule has 1 rings (SSSR count). The standard InChI is InChI=1S/C19H23N3O2/c1-5-11-22(12-6-2)19(23)17(13-20)14-21-15(3)16-7-9-18(24-4)10-8-16/h5-10,14-15,21H,1-2,11-12H2,3-4H3/b17-14-. The topological polar surface area (TPSA) is 65.4 Å². The molecular formula is C19H23N3O2. The fraction of sp³-hybridized carbons (Fsp3) is 0.263. The van der Waals surface area contributed by atoms with Gasteiger partial charge in [-0.2, -0.15) is 5.26 Å². The van der Waals surface area contributed by atoms with Gasteiger partial charge in [-0.25, -0.2) is 0 Å². The Morgan fingerprint density at radius 3 is 2.38 bits per heavy atom. The summed E-state index contributed by atoms with van der Waals surface area (Å²) < 4.78 is 5.13. The molecule has 0 radical (unpaired) electrons. The first-order valence-corrected chi connectivity index (χ1v) is 7.58. The van der Waals surface area contributed by atoms with Gasteiger partial charge in [-0.15, -0.1) is 13.2 Å². The van der Waals surface area contributed by atoms with E-state index < -0.39 is 0 Å². The number of carbonyl (C=O) groups excluding carboxylic acids is 1. The molecule has 0 aliphatic rings. The van der Waals surface area contributed by atoms with Crippen LogP contribution in [-0.4, -0.2) is 31.0 Å². The van der Waals surface area contributed by atoms with Crippen LogP contribution in [0.25, 0.3) is 0 Å². The molecule has 0 aliphatic carbocycles. The van der Waals surface area contributed by atoms with Crippen molar-refractivity contribution < 1.29 is 9.53 Å². The fourth-order valence-electron chi connectivity index (χ4n) is 2.06. The van der Waals surface area contributed by atoms with Crippen molar-refractivity contribution in [2.45, 2.75) is 13.0 Å². The lowest BCUT2D eigenvalue weighted by Gasteiger charge is -2.19. The molecule has 1 aromatic rings. The summed E-state index contributed by atoms with van der Waals surface area (Å²) in [5.41, 5.74) is 1.06. The van der Waals surface area contributed by atoms with E-state index in [1.54, 1.807) is 19.3 Å². The van der Waals surface area contributed by atoms with E-state index in [1.165, 1.54) is 11.1 Å². The SMILES string of the molecule is C=CCN(CC=C)C(=O)/C(C#N)=C\NC(C)c1ccc(OC)cc1. The highest BCUT2D eigenvalue weighted by molar-refractivity contribution is 5.97. The van der Waals surface area contributed by atoms with Crippen molar-refractivity contribution in [2.24, 2.45) is 0 Å². The van der Waals surface area contributed by atoms with Crippen molar-refractivity contribution in [1.82, 2.24) is 10.2 Å². The molecular weight excluding hydrogens is 302 g/mol. The van der Waals surface area contributed by atoms with Gasteiger partial charge in [0.2, 0.25) is 0 Å². The molecule has 1 aromatic carbocycles. The fourth-order valence-corrected chi connectivity index (χ4v) is 2.06. The molecule has 1 N–H and O–H groups in total. The Bertz CT molecular complexity index is 632. The molecule has 1 amide bonds. The van der Waals surface area contributed by atoms with E-state index in [4.69, 9.17) is 4.74 Å². The summed E-state index contributed by atoms with van der Waals surface area (Å²) in [6.07, 6.45) is 4.68. The summed E-state index contributed by atoms with van der Waals surface area (Å²) in [6, 6.07) is 9.48. The molecule has 0 spiro atoms. The second kappa shape index (κ2) is 9.90. The van der Waals surface area contributed by atoms with Crippen molar-refractivity contribution in [3.63, 3.8) is 0 Å². The molecule has 0 saturated heterocycles. The van der Waals surface area contributed by atoms with E-state index in [0.717, 1.165) is 11.3 Å². The number of hydrogen-bond donors (Lipinski definition) is 1. The Labute approximate surface area is 143 Å². The first-order chi connectivity index (χ1) is 11.6. The molecule has 0 aromatic heterocycles. The van der Waals surface area contributed by atoms with Gasteiger partial charge in [-0.05, 0) is 24.6 Å². The zero-order chi connectivity index (χ0) is 17.9. The van der Waals surface area contributed by atoms with Crippen LogP contribution in [-0.2, 0) is 4.79 Å². The highest BCUT2D eigenvalue weighted by Crippen LogP contribution is 2.17. The molecule has 1 unspecified atom stereocenters. The minimum Gasteiger partial charge on any atom is -0.497 e. The molecule has 5 heteroatoms. The van der Waals surface area contributed by atoms with Crippen LogP contribution in [0.1, 0.15) is 18.5 Å². The maximum atomic E-state index is 12.4. The average Bonchev–Trinajstić information content (AvgIpc) is 2.61. The van der Waals surface area contributed by atoms with E-state index >= 15 is 0 Å². The highest BCUT2D eigenvalue weighted by Gasteiger charge is 2.16. The quantitative estimate of drug-likeness (QED) is 0.431. The van der Waals surface area contributed by atoms with Gasteiger partial charge < -0.3 is 15.0 Å². The van der Waals surface area contributed by atoms with Crippen LogP contribution in [0.3, 0.4) is 0 Å². The van der Waals surface area contributed by atoms with Gasteiger partial charge in [0.1, 0.15) is 17.4 Å². The molecule has 0 heterocycles. The van der Waals surface area contributed by atoms with Gasteiger partial charge in [0.25, 0.3) is 5.91 Å². The van der Waals surface area contributed by atoms with E-state index in [2.05, 4.69) is 18.5 Å². The smallest absolute Gasteiger partial charge is 0.266 e. The Kier molecular flexibility index (Phi) is 7.86. The summed E-state index contributed by atoms with van der Waals surface area (Å²) in [5.74, 6) is 0.422. The number of nitrogens with zero attached hydrogens (tertiary/aromatic N) is 2. The Balaban J connectivity index is 2.83. The summed E-state index contributed by atoms with van der Waals surface area (Å²) in [6.45, 7) is 9.91. The van der Waals surface area contributed by atoms with Gasteiger partial charge in [-0.3, -0.25) is 4.79 Å². The molecule has 0 fully saturated rings. The summed E-state index contributed by atoms with van der Waals surface area (Å²) in [4.78, 5) is 13.9. The number of nitrogens with one attached hydrogen (secondary N) is 1. The zero-order valence-corrected chi connectivity index (χ0v) is 14.2. The number of benzene rings is 1.